The molecule has 0 fully saturated rings. The van der Waals surface area contributed by atoms with Crippen LogP contribution in [0.4, 0.5) is 11.4 Å². The van der Waals surface area contributed by atoms with Crippen LogP contribution in [0.3, 0.4) is 0 Å². The molecule has 40 heavy (non-hydrogen) atoms. The number of benzene rings is 4. The fourth-order valence-corrected chi connectivity index (χ4v) is 4.97. The van der Waals surface area contributed by atoms with Crippen molar-refractivity contribution in [2.75, 3.05) is 38.0 Å². The van der Waals surface area contributed by atoms with E-state index in [9.17, 15) is 0 Å². The molecule has 4 aromatic rings. The van der Waals surface area contributed by atoms with Gasteiger partial charge in [0.2, 0.25) is 5.71 Å². The van der Waals surface area contributed by atoms with Gasteiger partial charge in [-0.1, -0.05) is 79.4 Å². The van der Waals surface area contributed by atoms with E-state index in [4.69, 9.17) is 0 Å². The first kappa shape index (κ1) is 28.7. The molecule has 1 N–H and O–H groups in total. The molecule has 0 aromatic heterocycles. The molecular formula is C36H36ClN3. The van der Waals surface area contributed by atoms with E-state index in [0.717, 1.165) is 17.8 Å². The van der Waals surface area contributed by atoms with Gasteiger partial charge in [-0.25, -0.2) is 4.99 Å². The second-order valence-electron chi connectivity index (χ2n) is 10.3. The van der Waals surface area contributed by atoms with Crippen molar-refractivity contribution >= 4 is 34.3 Å². The molecule has 0 spiro atoms. The summed E-state index contributed by atoms with van der Waals surface area (Å²) in [6.07, 6.45) is 6.36. The Hall–Kier alpha value is -4.34. The maximum Gasteiger partial charge on any atom is 0.206 e. The van der Waals surface area contributed by atoms with E-state index in [0.29, 0.717) is 0 Å². The Morgan fingerprint density at radius 1 is 0.675 bits per heavy atom. The summed E-state index contributed by atoms with van der Waals surface area (Å²) in [5.41, 5.74) is 13.2. The number of nitrogens with one attached hydrogen (secondary N) is 1. The molecule has 0 unspecified atom stereocenters. The van der Waals surface area contributed by atoms with Crippen LogP contribution in [0.15, 0.2) is 116 Å². The molecule has 0 radical (unpaired) electrons. The van der Waals surface area contributed by atoms with Crippen molar-refractivity contribution < 1.29 is 17.4 Å². The molecule has 0 heterocycles. The van der Waals surface area contributed by atoms with Gasteiger partial charge in [0, 0.05) is 51.2 Å². The molecule has 0 amide bonds. The van der Waals surface area contributed by atoms with Crippen LogP contribution in [0.1, 0.15) is 33.4 Å². The standard InChI is InChI=1S/C36H35N3.ClH/c1-6-26-11-13-27(14-12-26)25-37-35-24-23-34(32-9-7-8-10-33(32)35)36(28-15-19-30(20-16-28)38(2)3)29-17-21-31(22-18-29)39(4)5;/h6-24H,1,25H2,2-5H3;1H. The second kappa shape index (κ2) is 12.7. The van der Waals surface area contributed by atoms with Crippen molar-refractivity contribution in [3.8, 4) is 0 Å². The van der Waals surface area contributed by atoms with Crippen LogP contribution in [0.5, 0.6) is 0 Å². The third kappa shape index (κ3) is 6.11. The number of halogens is 1. The molecule has 1 aliphatic rings. The first-order valence-corrected chi connectivity index (χ1v) is 13.3. The predicted molar refractivity (Wildman–Crippen MR) is 168 cm³/mol. The van der Waals surface area contributed by atoms with E-state index >= 15 is 0 Å². The summed E-state index contributed by atoms with van der Waals surface area (Å²) in [7, 11) is 8.30. The first-order valence-electron chi connectivity index (χ1n) is 13.3. The van der Waals surface area contributed by atoms with Gasteiger partial charge in [0.05, 0.1) is 5.56 Å². The minimum atomic E-state index is 0. The average Bonchev–Trinajstić information content (AvgIpc) is 2.97. The second-order valence-corrected chi connectivity index (χ2v) is 10.3. The number of hydrogen-bond donors (Lipinski definition) is 1. The molecule has 1 aliphatic carbocycles. The largest absolute Gasteiger partial charge is 1.00 e. The number of hydrogen-bond acceptors (Lipinski definition) is 2. The molecule has 0 aliphatic heterocycles. The first-order chi connectivity index (χ1) is 18.9. The number of allylic oxidation sites excluding steroid dienone is 3. The van der Waals surface area contributed by atoms with Crippen molar-refractivity contribution in [1.82, 2.24) is 0 Å². The Balaban J connectivity index is 0.00000370. The highest BCUT2D eigenvalue weighted by Crippen LogP contribution is 2.37. The fraction of sp³-hybridized carbons (Fsp3) is 0.139. The van der Waals surface area contributed by atoms with E-state index in [2.05, 4.69) is 159 Å². The van der Waals surface area contributed by atoms with Gasteiger partial charge in [0.25, 0.3) is 0 Å². The summed E-state index contributed by atoms with van der Waals surface area (Å²) < 4.78 is 0. The Kier molecular flexibility index (Phi) is 9.08. The van der Waals surface area contributed by atoms with Crippen LogP contribution in [-0.4, -0.2) is 33.9 Å². The van der Waals surface area contributed by atoms with Crippen LogP contribution < -0.4 is 27.2 Å². The van der Waals surface area contributed by atoms with Gasteiger partial charge in [0.1, 0.15) is 0 Å². The normalized spacial score (nSPS) is 12.9. The van der Waals surface area contributed by atoms with Crippen LogP contribution in [0.25, 0.3) is 17.2 Å². The highest BCUT2D eigenvalue weighted by molar-refractivity contribution is 6.17. The lowest BCUT2D eigenvalue weighted by atomic mass is 9.83. The molecule has 4 heteroatoms. The smallest absolute Gasteiger partial charge is 0.206 e. The quantitative estimate of drug-likeness (QED) is 0.385. The van der Waals surface area contributed by atoms with Gasteiger partial charge < -0.3 is 22.2 Å². The Bertz CT molecular complexity index is 1500. The zero-order chi connectivity index (χ0) is 27.4. The van der Waals surface area contributed by atoms with E-state index in [1.165, 1.54) is 50.3 Å². The summed E-state index contributed by atoms with van der Waals surface area (Å²) in [6, 6.07) is 34.9. The molecule has 0 saturated heterocycles. The van der Waals surface area contributed by atoms with Crippen molar-refractivity contribution in [3.63, 3.8) is 0 Å². The molecular weight excluding hydrogens is 510 g/mol. The summed E-state index contributed by atoms with van der Waals surface area (Å²) >= 11 is 0. The number of rotatable bonds is 7. The maximum atomic E-state index is 3.86. The average molecular weight is 546 g/mol. The van der Waals surface area contributed by atoms with E-state index < -0.39 is 0 Å². The molecule has 5 rings (SSSR count). The molecule has 202 valence electrons. The van der Waals surface area contributed by atoms with Crippen molar-refractivity contribution in [3.05, 3.63) is 149 Å². The zero-order valence-corrected chi connectivity index (χ0v) is 24.4. The molecule has 0 bridgehead atoms. The fourth-order valence-electron chi connectivity index (χ4n) is 4.97. The third-order valence-corrected chi connectivity index (χ3v) is 7.24. The summed E-state index contributed by atoms with van der Waals surface area (Å²) in [5, 5.41) is 0. The van der Waals surface area contributed by atoms with Crippen molar-refractivity contribution in [2.24, 2.45) is 0 Å². The molecule has 0 atom stereocenters. The molecule has 3 nitrogen and oxygen atoms in total. The minimum absolute atomic E-state index is 0. The Labute approximate surface area is 244 Å². The van der Waals surface area contributed by atoms with Crippen LogP contribution in [-0.2, 0) is 6.54 Å². The summed E-state index contributed by atoms with van der Waals surface area (Å²) in [5.74, 6) is 0. The SMILES string of the molecule is C=Cc1ccc(C[NH+]=C2C=CC(=C(c3ccc(N(C)C)cc3)c3ccc(N(C)C)cc3)c3ccccc32)cc1.[Cl-]. The predicted octanol–water partition coefficient (Wildman–Crippen LogP) is 3.06. The van der Waals surface area contributed by atoms with Crippen LogP contribution >= 0.6 is 0 Å². The minimum Gasteiger partial charge on any atom is -1.00 e. The van der Waals surface area contributed by atoms with E-state index in [1.807, 2.05) is 6.08 Å². The Morgan fingerprint density at radius 3 is 1.70 bits per heavy atom. The maximum absolute atomic E-state index is 3.86. The van der Waals surface area contributed by atoms with E-state index in [1.54, 1.807) is 0 Å². The van der Waals surface area contributed by atoms with Crippen molar-refractivity contribution in [2.45, 2.75) is 6.54 Å². The number of anilines is 2. The number of nitrogens with zero attached hydrogens (tertiary/aromatic N) is 2. The van der Waals surface area contributed by atoms with Gasteiger partial charge in [0.15, 0.2) is 6.54 Å². The molecule has 4 aromatic carbocycles. The zero-order valence-electron chi connectivity index (χ0n) is 23.7. The number of fused-ring (bicyclic) bond motifs is 1. The molecule has 0 saturated carbocycles. The summed E-state index contributed by atoms with van der Waals surface area (Å²) in [4.78, 5) is 7.95. The van der Waals surface area contributed by atoms with Gasteiger partial charge in [-0.2, -0.15) is 0 Å². The monoisotopic (exact) mass is 545 g/mol. The summed E-state index contributed by atoms with van der Waals surface area (Å²) in [6.45, 7) is 4.62. The van der Waals surface area contributed by atoms with Crippen molar-refractivity contribution in [1.29, 1.82) is 0 Å². The third-order valence-electron chi connectivity index (χ3n) is 7.24. The van der Waals surface area contributed by atoms with Crippen LogP contribution in [0.2, 0.25) is 0 Å². The topological polar surface area (TPSA) is 20.5 Å². The van der Waals surface area contributed by atoms with Gasteiger partial charge >= 0.3 is 0 Å². The highest BCUT2D eigenvalue weighted by Gasteiger charge is 2.22. The van der Waals surface area contributed by atoms with Gasteiger partial charge in [-0.15, -0.1) is 0 Å². The lowest BCUT2D eigenvalue weighted by Crippen LogP contribution is -3.00. The Morgan fingerprint density at radius 2 is 1.20 bits per heavy atom. The van der Waals surface area contributed by atoms with Gasteiger partial charge in [-0.05, 0) is 69.8 Å². The van der Waals surface area contributed by atoms with Crippen LogP contribution in [0, 0.1) is 0 Å². The van der Waals surface area contributed by atoms with Gasteiger partial charge in [-0.3, -0.25) is 0 Å². The van der Waals surface area contributed by atoms with E-state index in [-0.39, 0.29) is 12.4 Å². The lowest BCUT2D eigenvalue weighted by Gasteiger charge is -2.21. The lowest BCUT2D eigenvalue weighted by molar-refractivity contribution is -0.473. The highest BCUT2D eigenvalue weighted by atomic mass is 35.5.